The number of unbranched alkanes of at least 4 members (excludes halogenated alkanes) is 1. The highest BCUT2D eigenvalue weighted by atomic mass is 14.9. The van der Waals surface area contributed by atoms with Crippen LogP contribution in [-0.2, 0) is 0 Å². The lowest BCUT2D eigenvalue weighted by molar-refractivity contribution is 0.458. The van der Waals surface area contributed by atoms with E-state index in [1.165, 1.54) is 19.3 Å². The Hall–Kier alpha value is -0.480. The van der Waals surface area contributed by atoms with Gasteiger partial charge in [-0.1, -0.05) is 32.6 Å². The predicted molar refractivity (Wildman–Crippen MR) is 55.0 cm³/mol. The van der Waals surface area contributed by atoms with Crippen molar-refractivity contribution in [2.24, 2.45) is 0 Å². The molecule has 0 saturated carbocycles. The van der Waals surface area contributed by atoms with Crippen molar-refractivity contribution in [1.29, 1.82) is 0 Å². The molecule has 0 fully saturated rings. The summed E-state index contributed by atoms with van der Waals surface area (Å²) in [5.74, 6) is 2.75. The van der Waals surface area contributed by atoms with Gasteiger partial charge in [-0.15, -0.1) is 6.42 Å². The van der Waals surface area contributed by atoms with Crippen LogP contribution in [0, 0.1) is 12.3 Å². The Bertz CT molecular complexity index is 134. The van der Waals surface area contributed by atoms with E-state index in [4.69, 9.17) is 6.42 Å². The first-order valence-corrected chi connectivity index (χ1v) is 4.96. The summed E-state index contributed by atoms with van der Waals surface area (Å²) in [5.41, 5.74) is 0. The maximum absolute atomic E-state index is 5.35. The minimum Gasteiger partial charge on any atom is -0.301 e. The molecule has 0 aromatic carbocycles. The number of hydrogen-bond acceptors (Lipinski definition) is 1. The van der Waals surface area contributed by atoms with Crippen molar-refractivity contribution in [3.63, 3.8) is 0 Å². The number of nitrogens with one attached hydrogen (secondary N) is 1. The van der Waals surface area contributed by atoms with Gasteiger partial charge in [-0.25, -0.2) is 0 Å². The molecule has 0 saturated heterocycles. The summed E-state index contributed by atoms with van der Waals surface area (Å²) >= 11 is 0. The third-order valence-electron chi connectivity index (χ3n) is 2.09. The van der Waals surface area contributed by atoms with Crippen LogP contribution >= 0.6 is 0 Å². The highest BCUT2D eigenvalue weighted by Gasteiger charge is 2.05. The monoisotopic (exact) mass is 167 g/mol. The van der Waals surface area contributed by atoms with Gasteiger partial charge in [-0.2, -0.15) is 0 Å². The summed E-state index contributed by atoms with van der Waals surface area (Å²) in [6.07, 6.45) is 10.1. The van der Waals surface area contributed by atoms with E-state index in [-0.39, 0.29) is 6.04 Å². The molecule has 70 valence electrons. The molecule has 0 aromatic heterocycles. The van der Waals surface area contributed by atoms with Gasteiger partial charge < -0.3 is 5.32 Å². The molecule has 0 aliphatic rings. The van der Waals surface area contributed by atoms with Crippen molar-refractivity contribution in [3.05, 3.63) is 0 Å². The second-order valence-corrected chi connectivity index (χ2v) is 3.34. The van der Waals surface area contributed by atoms with Gasteiger partial charge in [0.1, 0.15) is 0 Å². The molecule has 0 amide bonds. The highest BCUT2D eigenvalue weighted by Crippen LogP contribution is 2.01. The second-order valence-electron chi connectivity index (χ2n) is 3.34. The smallest absolute Gasteiger partial charge is 0.0686 e. The van der Waals surface area contributed by atoms with Crippen molar-refractivity contribution < 1.29 is 0 Å². The maximum Gasteiger partial charge on any atom is 0.0686 e. The van der Waals surface area contributed by atoms with Crippen LogP contribution in [0.2, 0.25) is 0 Å². The van der Waals surface area contributed by atoms with Crippen LogP contribution in [0.1, 0.15) is 46.5 Å². The average Bonchev–Trinajstić information content (AvgIpc) is 2.10. The van der Waals surface area contributed by atoms with Crippen molar-refractivity contribution in [2.45, 2.75) is 58.5 Å². The normalized spacial score (nSPS) is 15.2. The first kappa shape index (κ1) is 11.5. The summed E-state index contributed by atoms with van der Waals surface area (Å²) in [7, 11) is 0. The Morgan fingerprint density at radius 3 is 2.50 bits per heavy atom. The van der Waals surface area contributed by atoms with E-state index in [0.29, 0.717) is 6.04 Å². The zero-order chi connectivity index (χ0) is 9.40. The number of hydrogen-bond donors (Lipinski definition) is 1. The van der Waals surface area contributed by atoms with E-state index < -0.39 is 0 Å². The third-order valence-corrected chi connectivity index (χ3v) is 2.09. The maximum atomic E-state index is 5.35. The van der Waals surface area contributed by atoms with Crippen LogP contribution < -0.4 is 5.32 Å². The third kappa shape index (κ3) is 5.21. The fraction of sp³-hybridized carbons (Fsp3) is 0.818. The zero-order valence-electron chi connectivity index (χ0n) is 8.56. The summed E-state index contributed by atoms with van der Waals surface area (Å²) in [4.78, 5) is 0. The predicted octanol–water partition coefficient (Wildman–Crippen LogP) is 2.57. The van der Waals surface area contributed by atoms with Crippen LogP contribution in [-0.4, -0.2) is 12.1 Å². The Morgan fingerprint density at radius 1 is 1.42 bits per heavy atom. The lowest BCUT2D eigenvalue weighted by atomic mass is 10.1. The van der Waals surface area contributed by atoms with Crippen LogP contribution in [0.3, 0.4) is 0 Å². The second kappa shape index (κ2) is 7.18. The Morgan fingerprint density at radius 2 is 2.08 bits per heavy atom. The summed E-state index contributed by atoms with van der Waals surface area (Å²) in [6.45, 7) is 6.53. The fourth-order valence-corrected chi connectivity index (χ4v) is 1.22. The van der Waals surface area contributed by atoms with Gasteiger partial charge in [-0.3, -0.25) is 0 Å². The molecular weight excluding hydrogens is 146 g/mol. The van der Waals surface area contributed by atoms with Gasteiger partial charge in [0.25, 0.3) is 0 Å². The first-order chi connectivity index (χ1) is 5.74. The van der Waals surface area contributed by atoms with Gasteiger partial charge in [0, 0.05) is 6.04 Å². The van der Waals surface area contributed by atoms with Crippen molar-refractivity contribution in [2.75, 3.05) is 0 Å². The lowest BCUT2D eigenvalue weighted by Gasteiger charge is -2.17. The summed E-state index contributed by atoms with van der Waals surface area (Å²) in [6, 6.07) is 0.822. The van der Waals surface area contributed by atoms with Crippen LogP contribution in [0.25, 0.3) is 0 Å². The molecule has 1 nitrogen and oxygen atoms in total. The lowest BCUT2D eigenvalue weighted by Crippen LogP contribution is -2.34. The van der Waals surface area contributed by atoms with Crippen LogP contribution in [0.5, 0.6) is 0 Å². The molecule has 1 N–H and O–H groups in total. The van der Waals surface area contributed by atoms with Crippen molar-refractivity contribution >= 4 is 0 Å². The standard InChI is InChI=1S/C11H21N/c1-5-8-9-10(4)12-11(6-2)7-3/h2,10-12H,5,7-9H2,1,3-4H3. The molecule has 0 radical (unpaired) electrons. The molecule has 0 heterocycles. The molecule has 0 bridgehead atoms. The molecule has 1 heteroatoms. The van der Waals surface area contributed by atoms with Gasteiger partial charge in [-0.05, 0) is 19.8 Å². The Balaban J connectivity index is 3.53. The van der Waals surface area contributed by atoms with Gasteiger partial charge in [0.2, 0.25) is 0 Å². The first-order valence-electron chi connectivity index (χ1n) is 4.96. The summed E-state index contributed by atoms with van der Waals surface area (Å²) < 4.78 is 0. The molecule has 0 rings (SSSR count). The van der Waals surface area contributed by atoms with Gasteiger partial charge in [0.05, 0.1) is 6.04 Å². The van der Waals surface area contributed by atoms with E-state index in [0.717, 1.165) is 6.42 Å². The van der Waals surface area contributed by atoms with E-state index in [9.17, 15) is 0 Å². The quantitative estimate of drug-likeness (QED) is 0.599. The van der Waals surface area contributed by atoms with Crippen molar-refractivity contribution in [3.8, 4) is 12.3 Å². The minimum absolute atomic E-state index is 0.261. The SMILES string of the molecule is C#CC(CC)NC(C)CCCC. The zero-order valence-corrected chi connectivity index (χ0v) is 8.56. The van der Waals surface area contributed by atoms with E-state index in [1.54, 1.807) is 0 Å². The minimum atomic E-state index is 0.261. The number of terminal acetylenes is 1. The topological polar surface area (TPSA) is 12.0 Å². The fourth-order valence-electron chi connectivity index (χ4n) is 1.22. The van der Waals surface area contributed by atoms with Crippen LogP contribution in [0.4, 0.5) is 0 Å². The van der Waals surface area contributed by atoms with Crippen LogP contribution in [0.15, 0.2) is 0 Å². The van der Waals surface area contributed by atoms with Gasteiger partial charge in [0.15, 0.2) is 0 Å². The van der Waals surface area contributed by atoms with E-state index in [1.807, 2.05) is 0 Å². The Labute approximate surface area is 76.9 Å². The molecule has 0 spiro atoms. The van der Waals surface area contributed by atoms with E-state index in [2.05, 4.69) is 32.0 Å². The summed E-state index contributed by atoms with van der Waals surface area (Å²) in [5, 5.41) is 3.42. The molecule has 0 aliphatic heterocycles. The molecule has 2 unspecified atom stereocenters. The highest BCUT2D eigenvalue weighted by molar-refractivity contribution is 4.98. The van der Waals surface area contributed by atoms with Gasteiger partial charge >= 0.3 is 0 Å². The van der Waals surface area contributed by atoms with E-state index >= 15 is 0 Å². The molecule has 0 aromatic rings. The molecule has 0 aliphatic carbocycles. The molecule has 12 heavy (non-hydrogen) atoms. The Kier molecular flexibility index (Phi) is 6.90. The largest absolute Gasteiger partial charge is 0.301 e. The molecular formula is C11H21N. The number of rotatable bonds is 6. The molecule has 2 atom stereocenters. The average molecular weight is 167 g/mol. The van der Waals surface area contributed by atoms with Crippen molar-refractivity contribution in [1.82, 2.24) is 5.32 Å².